The summed E-state index contributed by atoms with van der Waals surface area (Å²) in [6.07, 6.45) is -4.09. The van der Waals surface area contributed by atoms with E-state index in [1.807, 2.05) is 0 Å². The monoisotopic (exact) mass is 445 g/mol. The second-order valence-electron chi connectivity index (χ2n) is 8.10. The molecule has 0 fully saturated rings. The van der Waals surface area contributed by atoms with Gasteiger partial charge in [0.15, 0.2) is 6.17 Å². The van der Waals surface area contributed by atoms with Gasteiger partial charge >= 0.3 is 0 Å². The first-order chi connectivity index (χ1) is 15.3. The lowest BCUT2D eigenvalue weighted by Crippen LogP contribution is -2.25. The van der Waals surface area contributed by atoms with Crippen molar-refractivity contribution in [3.05, 3.63) is 81.9 Å². The van der Waals surface area contributed by atoms with Crippen molar-refractivity contribution in [2.45, 2.75) is 43.4 Å². The maximum Gasteiger partial charge on any atom is 0.157 e. The summed E-state index contributed by atoms with van der Waals surface area (Å²) >= 11 is 0. The molecule has 0 saturated carbocycles. The highest BCUT2D eigenvalue weighted by Gasteiger charge is 2.43. The Balaban J connectivity index is 1.79. The number of fused-ring (bicyclic) bond motifs is 2. The molecule has 32 heavy (non-hydrogen) atoms. The van der Waals surface area contributed by atoms with E-state index < -0.39 is 48.6 Å². The number of imidazole rings is 1. The van der Waals surface area contributed by atoms with Crippen molar-refractivity contribution in [1.29, 1.82) is 5.26 Å². The van der Waals surface area contributed by atoms with Crippen molar-refractivity contribution in [1.82, 2.24) is 9.55 Å². The van der Waals surface area contributed by atoms with Gasteiger partial charge in [0.1, 0.15) is 30.1 Å². The van der Waals surface area contributed by atoms with Crippen molar-refractivity contribution < 1.29 is 27.1 Å². The summed E-state index contributed by atoms with van der Waals surface area (Å²) in [5.41, 5.74) is -0.0984. The molecule has 2 aliphatic carbocycles. The number of hydrogen-bond donors (Lipinski definition) is 1. The summed E-state index contributed by atoms with van der Waals surface area (Å²) in [5, 5.41) is 20.0. The van der Waals surface area contributed by atoms with Crippen LogP contribution in [-0.2, 0) is 6.42 Å². The molecule has 4 nitrogen and oxygen atoms in total. The molecule has 0 radical (unpaired) electrons. The maximum atomic E-state index is 15.3. The number of aliphatic hydroxyl groups is 1. The van der Waals surface area contributed by atoms with Gasteiger partial charge < -0.3 is 9.67 Å². The van der Waals surface area contributed by atoms with Gasteiger partial charge in [0, 0.05) is 30.3 Å². The van der Waals surface area contributed by atoms with Gasteiger partial charge in [0.2, 0.25) is 0 Å². The van der Waals surface area contributed by atoms with Crippen molar-refractivity contribution in [2.75, 3.05) is 0 Å². The number of nitrogens with zero attached hydrogens (tertiary/aromatic N) is 3. The molecule has 2 aliphatic rings. The second-order valence-corrected chi connectivity index (χ2v) is 8.10. The lowest BCUT2D eigenvalue weighted by atomic mass is 9.73. The average molecular weight is 445 g/mol. The van der Waals surface area contributed by atoms with Crippen LogP contribution >= 0.6 is 0 Å². The molecule has 1 aromatic heterocycles. The Kier molecular flexibility index (Phi) is 4.78. The van der Waals surface area contributed by atoms with E-state index in [-0.39, 0.29) is 45.5 Å². The lowest BCUT2D eigenvalue weighted by molar-refractivity contribution is 0.0923. The number of nitriles is 1. The predicted molar refractivity (Wildman–Crippen MR) is 103 cm³/mol. The standard InChI is InChI=1S/C23H16F5N3O/c24-11-3-10(8-29)19-13(6-16(25)21(28)15(19)4-11)12-5-17(26)22(31-2-1-30-9-31)20-14(12)7-18(27)23(20)32/h1-5,9,13,16,18,21,23,32H,6-7H2/t13-,16+,18-,21-,23-/m1/s1. The quantitative estimate of drug-likeness (QED) is 0.575. The average Bonchev–Trinajstić information content (AvgIpc) is 3.39. The fraction of sp³-hybridized carbons (Fsp3) is 0.304. The van der Waals surface area contributed by atoms with E-state index in [9.17, 15) is 27.9 Å². The van der Waals surface area contributed by atoms with E-state index in [4.69, 9.17) is 0 Å². The first kappa shape index (κ1) is 20.6. The van der Waals surface area contributed by atoms with Crippen molar-refractivity contribution in [2.24, 2.45) is 0 Å². The van der Waals surface area contributed by atoms with Gasteiger partial charge in [-0.2, -0.15) is 5.26 Å². The molecule has 9 heteroatoms. The zero-order chi connectivity index (χ0) is 22.7. The van der Waals surface area contributed by atoms with Crippen LogP contribution in [0.4, 0.5) is 22.0 Å². The van der Waals surface area contributed by atoms with Crippen molar-refractivity contribution in [3.63, 3.8) is 0 Å². The molecule has 0 amide bonds. The molecule has 164 valence electrons. The molecule has 0 spiro atoms. The highest BCUT2D eigenvalue weighted by molar-refractivity contribution is 5.60. The first-order valence-corrected chi connectivity index (χ1v) is 9.99. The van der Waals surface area contributed by atoms with Gasteiger partial charge in [-0.25, -0.2) is 26.9 Å². The van der Waals surface area contributed by atoms with Crippen LogP contribution in [-0.4, -0.2) is 27.0 Å². The normalized spacial score (nSPS) is 26.5. The minimum Gasteiger partial charge on any atom is -0.385 e. The smallest absolute Gasteiger partial charge is 0.157 e. The summed E-state index contributed by atoms with van der Waals surface area (Å²) in [6, 6.07) is 4.66. The molecule has 1 N–H and O–H groups in total. The Morgan fingerprint density at radius 2 is 1.84 bits per heavy atom. The number of aromatic nitrogens is 2. The zero-order valence-electron chi connectivity index (χ0n) is 16.4. The van der Waals surface area contributed by atoms with Gasteiger partial charge in [0.25, 0.3) is 0 Å². The minimum absolute atomic E-state index is 0.00505. The summed E-state index contributed by atoms with van der Waals surface area (Å²) in [4.78, 5) is 3.86. The summed E-state index contributed by atoms with van der Waals surface area (Å²) in [6.45, 7) is 0. The first-order valence-electron chi connectivity index (χ1n) is 9.99. The molecule has 3 aromatic rings. The summed E-state index contributed by atoms with van der Waals surface area (Å²) in [7, 11) is 0. The van der Waals surface area contributed by atoms with Gasteiger partial charge in [-0.05, 0) is 46.9 Å². The number of benzene rings is 2. The SMILES string of the molecule is N#Cc1cc(F)cc2c1[C@@H](c1cc(F)c(-n3ccnc3)c3c1C[C@@H](F)[C@H]3O)C[C@H](F)[C@@H]2F. The molecule has 1 heterocycles. The fourth-order valence-corrected chi connectivity index (χ4v) is 5.01. The largest absolute Gasteiger partial charge is 0.385 e. The van der Waals surface area contributed by atoms with Crippen LogP contribution in [0.5, 0.6) is 0 Å². The van der Waals surface area contributed by atoms with Crippen LogP contribution in [0.25, 0.3) is 5.69 Å². The molecular formula is C23H16F5N3O. The van der Waals surface area contributed by atoms with Gasteiger partial charge in [-0.3, -0.25) is 0 Å². The molecule has 2 aromatic carbocycles. The molecule has 0 bridgehead atoms. The third-order valence-corrected chi connectivity index (χ3v) is 6.33. The predicted octanol–water partition coefficient (Wildman–Crippen LogP) is 4.83. The maximum absolute atomic E-state index is 15.3. The topological polar surface area (TPSA) is 61.8 Å². The number of aliphatic hydroxyl groups excluding tert-OH is 1. The van der Waals surface area contributed by atoms with Crippen molar-refractivity contribution in [3.8, 4) is 11.8 Å². The van der Waals surface area contributed by atoms with E-state index >= 15 is 4.39 Å². The minimum atomic E-state index is -2.15. The van der Waals surface area contributed by atoms with E-state index in [1.54, 1.807) is 6.07 Å². The molecule has 0 aliphatic heterocycles. The number of hydrogen-bond acceptors (Lipinski definition) is 3. The Hall–Kier alpha value is -3.25. The number of alkyl halides is 3. The Morgan fingerprint density at radius 3 is 2.53 bits per heavy atom. The summed E-state index contributed by atoms with van der Waals surface area (Å²) < 4.78 is 74.5. The Labute approximate surface area is 179 Å². The Bertz CT molecular complexity index is 1250. The van der Waals surface area contributed by atoms with Crippen LogP contribution in [0.2, 0.25) is 0 Å². The van der Waals surface area contributed by atoms with Gasteiger partial charge in [-0.15, -0.1) is 0 Å². The molecular weight excluding hydrogens is 429 g/mol. The molecule has 5 rings (SSSR count). The van der Waals surface area contributed by atoms with Crippen molar-refractivity contribution >= 4 is 0 Å². The van der Waals surface area contributed by atoms with Crippen LogP contribution in [0.1, 0.15) is 58.0 Å². The van der Waals surface area contributed by atoms with Gasteiger partial charge in [-0.1, -0.05) is 0 Å². The van der Waals surface area contributed by atoms with E-state index in [0.29, 0.717) is 0 Å². The van der Waals surface area contributed by atoms with E-state index in [1.165, 1.54) is 23.3 Å². The second kappa shape index (κ2) is 7.41. The molecule has 0 unspecified atom stereocenters. The van der Waals surface area contributed by atoms with Crippen LogP contribution in [0, 0.1) is 23.0 Å². The summed E-state index contributed by atoms with van der Waals surface area (Å²) in [5.74, 6) is -2.72. The van der Waals surface area contributed by atoms with Crippen LogP contribution < -0.4 is 0 Å². The van der Waals surface area contributed by atoms with E-state index in [0.717, 1.165) is 18.2 Å². The highest BCUT2D eigenvalue weighted by Crippen LogP contribution is 2.50. The number of rotatable bonds is 2. The van der Waals surface area contributed by atoms with E-state index in [2.05, 4.69) is 4.98 Å². The third-order valence-electron chi connectivity index (χ3n) is 6.33. The highest BCUT2D eigenvalue weighted by atomic mass is 19.2. The zero-order valence-corrected chi connectivity index (χ0v) is 16.4. The molecule has 0 saturated heterocycles. The fourth-order valence-electron chi connectivity index (χ4n) is 5.01. The van der Waals surface area contributed by atoms with Crippen LogP contribution in [0.3, 0.4) is 0 Å². The van der Waals surface area contributed by atoms with Crippen LogP contribution in [0.15, 0.2) is 36.9 Å². The Morgan fingerprint density at radius 1 is 1.06 bits per heavy atom. The molecule has 5 atom stereocenters. The van der Waals surface area contributed by atoms with Gasteiger partial charge in [0.05, 0.1) is 23.6 Å². The third kappa shape index (κ3) is 2.93. The lowest BCUT2D eigenvalue weighted by Gasteiger charge is -2.33. The number of halogens is 5.